The van der Waals surface area contributed by atoms with Gasteiger partial charge in [-0.2, -0.15) is 18.4 Å². The molecule has 9 heteroatoms. The monoisotopic (exact) mass is 385 g/mol. The molecule has 1 saturated carbocycles. The van der Waals surface area contributed by atoms with Gasteiger partial charge in [0.25, 0.3) is 5.91 Å². The molecule has 27 heavy (non-hydrogen) atoms. The molecule has 1 aliphatic carbocycles. The van der Waals surface area contributed by atoms with E-state index in [0.29, 0.717) is 35.5 Å². The maximum Gasteiger partial charge on any atom is 0.391 e. The van der Waals surface area contributed by atoms with Crippen molar-refractivity contribution in [3.8, 4) is 6.07 Å². The molecule has 0 spiro atoms. The summed E-state index contributed by atoms with van der Waals surface area (Å²) >= 11 is 0. The van der Waals surface area contributed by atoms with E-state index in [2.05, 4.69) is 5.32 Å². The number of rotatable bonds is 4. The molecule has 1 aromatic carbocycles. The third kappa shape index (κ3) is 6.55. The van der Waals surface area contributed by atoms with Gasteiger partial charge in [0, 0.05) is 14.1 Å². The lowest BCUT2D eigenvalue weighted by molar-refractivity contribution is -0.181. The molecule has 1 aromatic rings. The average molecular weight is 385 g/mol. The summed E-state index contributed by atoms with van der Waals surface area (Å²) in [4.78, 5) is 13.0. The molecule has 0 radical (unpaired) electrons. The lowest BCUT2D eigenvalue weighted by Crippen LogP contribution is -2.24. The molecule has 5 N–H and O–H groups in total. The summed E-state index contributed by atoms with van der Waals surface area (Å²) in [6.07, 6.45) is -0.742. The second-order valence-electron chi connectivity index (χ2n) is 6.46. The maximum absolute atomic E-state index is 11.9. The largest absolute Gasteiger partial charge is 0.397 e. The predicted octanol–water partition coefficient (Wildman–Crippen LogP) is 3.50. The fourth-order valence-electron chi connectivity index (χ4n) is 2.96. The van der Waals surface area contributed by atoms with Gasteiger partial charge in [-0.05, 0) is 25.0 Å². The number of nitrogens with two attached hydrogens (primary N) is 2. The molecule has 2 rings (SSSR count). The van der Waals surface area contributed by atoms with Gasteiger partial charge in [0.1, 0.15) is 6.54 Å². The first-order valence-electron chi connectivity index (χ1n) is 8.67. The summed E-state index contributed by atoms with van der Waals surface area (Å²) in [6.45, 7) is 0.160. The van der Waals surface area contributed by atoms with Crippen LogP contribution in [0.1, 0.15) is 42.5 Å². The Morgan fingerprint density at radius 1 is 1.33 bits per heavy atom. The highest BCUT2D eigenvalue weighted by molar-refractivity contribution is 6.01. The number of halogens is 3. The van der Waals surface area contributed by atoms with E-state index in [0.717, 1.165) is 19.3 Å². The van der Waals surface area contributed by atoms with Crippen LogP contribution in [-0.2, 0) is 0 Å². The van der Waals surface area contributed by atoms with Gasteiger partial charge in [0.2, 0.25) is 0 Å². The van der Waals surface area contributed by atoms with E-state index in [1.54, 1.807) is 25.1 Å². The number of hydrogen-bond donors (Lipinski definition) is 3. The molecule has 1 amide bonds. The maximum atomic E-state index is 11.9. The normalized spacial score (nSPS) is 14.5. The van der Waals surface area contributed by atoms with Crippen molar-refractivity contribution in [2.24, 2.45) is 11.7 Å². The number of hydrogen-bond acceptors (Lipinski definition) is 5. The lowest BCUT2D eigenvalue weighted by atomic mass is 9.89. The molecule has 0 unspecified atom stereocenters. The Labute approximate surface area is 157 Å². The lowest BCUT2D eigenvalue weighted by Gasteiger charge is -2.23. The Morgan fingerprint density at radius 3 is 2.33 bits per heavy atom. The third-order valence-corrected chi connectivity index (χ3v) is 4.49. The van der Waals surface area contributed by atoms with Crippen molar-refractivity contribution in [1.29, 1.82) is 5.26 Å². The number of benzene rings is 1. The SMILES string of the molecule is CNc1cc(N(C)CC#N)c(C(N)=O)cc1N.FC(F)(F)C1CCCCC1. The summed E-state index contributed by atoms with van der Waals surface area (Å²) in [5.74, 6) is -1.57. The Morgan fingerprint density at radius 2 is 1.93 bits per heavy atom. The van der Waals surface area contributed by atoms with E-state index in [1.807, 2.05) is 6.07 Å². The van der Waals surface area contributed by atoms with Crippen LogP contribution in [0.2, 0.25) is 0 Å². The second kappa shape index (κ2) is 9.90. The topological polar surface area (TPSA) is 108 Å². The number of nitrogen functional groups attached to an aromatic ring is 1. The zero-order valence-electron chi connectivity index (χ0n) is 15.6. The van der Waals surface area contributed by atoms with Gasteiger partial charge < -0.3 is 21.7 Å². The van der Waals surface area contributed by atoms with Crippen molar-refractivity contribution < 1.29 is 18.0 Å². The molecule has 0 heterocycles. The van der Waals surface area contributed by atoms with Gasteiger partial charge in [-0.1, -0.05) is 19.3 Å². The van der Waals surface area contributed by atoms with Crippen LogP contribution in [0.4, 0.5) is 30.2 Å². The number of nitrogens with zero attached hydrogens (tertiary/aromatic N) is 2. The van der Waals surface area contributed by atoms with Crippen molar-refractivity contribution >= 4 is 23.0 Å². The number of alkyl halides is 3. The molecule has 0 aromatic heterocycles. The quantitative estimate of drug-likeness (QED) is 0.543. The molecule has 0 aliphatic heterocycles. The Hall–Kier alpha value is -2.63. The minimum Gasteiger partial charge on any atom is -0.397 e. The molecule has 6 nitrogen and oxygen atoms in total. The minimum absolute atomic E-state index is 0.160. The Bertz CT molecular complexity index is 679. The number of carbonyl (C=O) groups is 1. The van der Waals surface area contributed by atoms with E-state index < -0.39 is 18.0 Å². The molecule has 1 aliphatic rings. The van der Waals surface area contributed by atoms with Gasteiger partial charge in [0.05, 0.1) is 34.6 Å². The molecule has 0 atom stereocenters. The van der Waals surface area contributed by atoms with Gasteiger partial charge >= 0.3 is 6.18 Å². The van der Waals surface area contributed by atoms with Gasteiger partial charge in [-0.15, -0.1) is 0 Å². The number of anilines is 3. The van der Waals surface area contributed by atoms with E-state index in [-0.39, 0.29) is 6.54 Å². The van der Waals surface area contributed by atoms with Crippen molar-refractivity contribution in [1.82, 2.24) is 0 Å². The van der Waals surface area contributed by atoms with Crippen LogP contribution >= 0.6 is 0 Å². The number of primary amides is 1. The number of amides is 1. The summed E-state index contributed by atoms with van der Waals surface area (Å²) in [6, 6.07) is 5.22. The van der Waals surface area contributed by atoms with Crippen LogP contribution in [0.5, 0.6) is 0 Å². The van der Waals surface area contributed by atoms with Crippen LogP contribution in [0.15, 0.2) is 12.1 Å². The summed E-state index contributed by atoms with van der Waals surface area (Å²) in [5.41, 5.74) is 13.1. The number of nitrogens with one attached hydrogen (secondary N) is 1. The van der Waals surface area contributed by atoms with Crippen LogP contribution < -0.4 is 21.7 Å². The number of nitriles is 1. The Balaban J connectivity index is 0.000000309. The fourth-order valence-corrected chi connectivity index (χ4v) is 2.96. The fraction of sp³-hybridized carbons (Fsp3) is 0.556. The van der Waals surface area contributed by atoms with Gasteiger partial charge in [0.15, 0.2) is 0 Å². The van der Waals surface area contributed by atoms with Gasteiger partial charge in [-0.3, -0.25) is 4.79 Å². The van der Waals surface area contributed by atoms with Crippen LogP contribution in [-0.4, -0.2) is 32.7 Å². The summed E-state index contributed by atoms with van der Waals surface area (Å²) in [7, 11) is 3.43. The first-order chi connectivity index (χ1) is 12.6. The molecular weight excluding hydrogens is 359 g/mol. The minimum atomic E-state index is -3.93. The molecular formula is C18H26F3N5O. The summed E-state index contributed by atoms with van der Waals surface area (Å²) < 4.78 is 35.8. The first-order valence-corrected chi connectivity index (χ1v) is 8.67. The smallest absolute Gasteiger partial charge is 0.391 e. The van der Waals surface area contributed by atoms with Crippen LogP contribution in [0.3, 0.4) is 0 Å². The zero-order chi connectivity index (χ0) is 20.6. The van der Waals surface area contributed by atoms with E-state index in [9.17, 15) is 18.0 Å². The summed E-state index contributed by atoms with van der Waals surface area (Å²) in [5, 5.41) is 11.6. The van der Waals surface area contributed by atoms with Crippen molar-refractivity contribution in [2.45, 2.75) is 38.3 Å². The Kier molecular flexibility index (Phi) is 8.22. The van der Waals surface area contributed by atoms with E-state index in [1.165, 1.54) is 6.07 Å². The van der Waals surface area contributed by atoms with Gasteiger partial charge in [-0.25, -0.2) is 0 Å². The van der Waals surface area contributed by atoms with Crippen molar-refractivity contribution in [3.63, 3.8) is 0 Å². The average Bonchev–Trinajstić information content (AvgIpc) is 2.62. The molecule has 1 fully saturated rings. The standard InChI is InChI=1S/C11H15N5O.C7H11F3/c1-15-9-6-10(16(2)4-3-12)7(11(14)17)5-8(9)13;8-7(9,10)6-4-2-1-3-5-6/h5-6,15H,4,13H2,1-2H3,(H2,14,17);6H,1-5H2. The van der Waals surface area contributed by atoms with Crippen molar-refractivity contribution in [3.05, 3.63) is 17.7 Å². The number of carbonyl (C=O) groups excluding carboxylic acids is 1. The van der Waals surface area contributed by atoms with Crippen LogP contribution in [0, 0.1) is 17.2 Å². The highest BCUT2D eigenvalue weighted by Crippen LogP contribution is 2.37. The molecule has 150 valence electrons. The predicted molar refractivity (Wildman–Crippen MR) is 100 cm³/mol. The van der Waals surface area contributed by atoms with Crippen molar-refractivity contribution in [2.75, 3.05) is 36.6 Å². The highest BCUT2D eigenvalue weighted by atomic mass is 19.4. The molecule has 0 bridgehead atoms. The first kappa shape index (κ1) is 22.4. The molecule has 0 saturated heterocycles. The van der Waals surface area contributed by atoms with Crippen LogP contribution in [0.25, 0.3) is 0 Å². The second-order valence-corrected chi connectivity index (χ2v) is 6.46. The zero-order valence-corrected chi connectivity index (χ0v) is 15.6. The van der Waals surface area contributed by atoms with E-state index in [4.69, 9.17) is 16.7 Å². The third-order valence-electron chi connectivity index (χ3n) is 4.49. The van der Waals surface area contributed by atoms with E-state index >= 15 is 0 Å². The highest BCUT2D eigenvalue weighted by Gasteiger charge is 2.39.